The number of hydrogen-bond acceptors (Lipinski definition) is 2. The molecule has 2 rings (SSSR count). The molecule has 3 atom stereocenters. The minimum Gasteiger partial charge on any atom is -0.357 e. The number of rotatable bonds is 7. The molecular weight excluding hydrogens is 318 g/mol. The smallest absolute Gasteiger partial charge is 0.191 e. The highest BCUT2D eigenvalue weighted by Crippen LogP contribution is 2.23. The molecule has 24 heavy (non-hydrogen) atoms. The molecule has 3 unspecified atom stereocenters. The van der Waals surface area contributed by atoms with Crippen LogP contribution in [0.1, 0.15) is 45.1 Å². The van der Waals surface area contributed by atoms with Crippen molar-refractivity contribution in [1.82, 2.24) is 10.6 Å². The maximum absolute atomic E-state index is 12.2. The number of nitrogens with one attached hydrogen (secondary N) is 2. The summed E-state index contributed by atoms with van der Waals surface area (Å²) < 4.78 is 12.2. The van der Waals surface area contributed by atoms with Gasteiger partial charge >= 0.3 is 0 Å². The average molecular weight is 350 g/mol. The van der Waals surface area contributed by atoms with Gasteiger partial charge in [-0.05, 0) is 31.2 Å². The molecule has 0 saturated heterocycles. The lowest BCUT2D eigenvalue weighted by Crippen LogP contribution is -2.45. The van der Waals surface area contributed by atoms with Crippen molar-refractivity contribution in [3.8, 4) is 0 Å². The molecule has 1 aliphatic rings. The minimum atomic E-state index is -0.866. The molecule has 0 radical (unpaired) electrons. The molecule has 0 spiro atoms. The Kier molecular flexibility index (Phi) is 8.29. The van der Waals surface area contributed by atoms with Crippen LogP contribution in [0.15, 0.2) is 35.3 Å². The molecule has 0 bridgehead atoms. The Morgan fingerprint density at radius 2 is 2.08 bits per heavy atom. The summed E-state index contributed by atoms with van der Waals surface area (Å²) in [5.41, 5.74) is 1.13. The number of aliphatic imine (C=N–C) groups is 1. The topological polar surface area (TPSA) is 53.5 Å². The molecule has 134 valence electrons. The van der Waals surface area contributed by atoms with Crippen molar-refractivity contribution in [2.75, 3.05) is 18.8 Å². The van der Waals surface area contributed by atoms with Gasteiger partial charge in [-0.1, -0.05) is 50.1 Å². The van der Waals surface area contributed by atoms with Gasteiger partial charge in [0, 0.05) is 34.9 Å². The van der Waals surface area contributed by atoms with E-state index in [4.69, 9.17) is 0 Å². The van der Waals surface area contributed by atoms with Gasteiger partial charge in [0.25, 0.3) is 0 Å². The number of nitrogens with zero attached hydrogens (tertiary/aromatic N) is 1. The summed E-state index contributed by atoms with van der Waals surface area (Å²) in [5.74, 6) is 2.87. The fourth-order valence-corrected chi connectivity index (χ4v) is 4.17. The van der Waals surface area contributed by atoms with E-state index < -0.39 is 10.8 Å². The van der Waals surface area contributed by atoms with Crippen LogP contribution in [0.5, 0.6) is 0 Å². The predicted octanol–water partition coefficient (Wildman–Crippen LogP) is 3.07. The standard InChI is InChI=1S/C19H31N3OS/c1-3-20-19(22-18-11-7-8-16(2)14-18)21-12-13-24(23)15-17-9-5-4-6-10-17/h4-6,9-10,16,18H,3,7-8,11-15H2,1-2H3,(H2,20,21,22). The van der Waals surface area contributed by atoms with Gasteiger partial charge in [-0.2, -0.15) is 0 Å². The molecule has 0 aliphatic heterocycles. The zero-order chi connectivity index (χ0) is 17.2. The molecule has 1 aliphatic carbocycles. The fraction of sp³-hybridized carbons (Fsp3) is 0.632. The van der Waals surface area contributed by atoms with Gasteiger partial charge in [-0.3, -0.25) is 9.20 Å². The van der Waals surface area contributed by atoms with E-state index in [9.17, 15) is 4.21 Å². The first-order valence-electron chi connectivity index (χ1n) is 9.11. The molecule has 1 fully saturated rings. The van der Waals surface area contributed by atoms with Gasteiger partial charge in [-0.25, -0.2) is 0 Å². The number of benzene rings is 1. The highest BCUT2D eigenvalue weighted by molar-refractivity contribution is 7.84. The van der Waals surface area contributed by atoms with Gasteiger partial charge in [0.1, 0.15) is 0 Å². The Bertz CT molecular complexity index is 533. The lowest BCUT2D eigenvalue weighted by Gasteiger charge is -2.28. The van der Waals surface area contributed by atoms with Crippen LogP contribution < -0.4 is 10.6 Å². The minimum absolute atomic E-state index is 0.515. The summed E-state index contributed by atoms with van der Waals surface area (Å²) in [7, 11) is -0.866. The Balaban J connectivity index is 1.78. The van der Waals surface area contributed by atoms with Crippen molar-refractivity contribution < 1.29 is 4.21 Å². The van der Waals surface area contributed by atoms with Gasteiger partial charge in [0.05, 0.1) is 6.54 Å². The highest BCUT2D eigenvalue weighted by Gasteiger charge is 2.19. The predicted molar refractivity (Wildman–Crippen MR) is 104 cm³/mol. The fourth-order valence-electron chi connectivity index (χ4n) is 3.17. The van der Waals surface area contributed by atoms with Crippen molar-refractivity contribution in [1.29, 1.82) is 0 Å². The molecule has 5 heteroatoms. The maximum atomic E-state index is 12.2. The van der Waals surface area contributed by atoms with Gasteiger partial charge in [0.2, 0.25) is 0 Å². The quantitative estimate of drug-likeness (QED) is 0.587. The van der Waals surface area contributed by atoms with Gasteiger partial charge in [-0.15, -0.1) is 0 Å². The van der Waals surface area contributed by atoms with Crippen LogP contribution in [0.25, 0.3) is 0 Å². The summed E-state index contributed by atoms with van der Waals surface area (Å²) in [6, 6.07) is 10.5. The third-order valence-corrected chi connectivity index (χ3v) is 5.67. The largest absolute Gasteiger partial charge is 0.357 e. The van der Waals surface area contributed by atoms with Crippen LogP contribution >= 0.6 is 0 Å². The highest BCUT2D eigenvalue weighted by atomic mass is 32.2. The molecule has 4 nitrogen and oxygen atoms in total. The molecule has 1 aromatic rings. The monoisotopic (exact) mass is 349 g/mol. The molecule has 1 saturated carbocycles. The third-order valence-electron chi connectivity index (χ3n) is 4.38. The van der Waals surface area contributed by atoms with Crippen LogP contribution in [-0.4, -0.2) is 35.1 Å². The molecule has 0 aromatic heterocycles. The summed E-state index contributed by atoms with van der Waals surface area (Å²) in [6.07, 6.45) is 5.06. The molecular formula is C19H31N3OS. The first kappa shape index (κ1) is 19.0. The van der Waals surface area contributed by atoms with Crippen LogP contribution in [0.4, 0.5) is 0 Å². The maximum Gasteiger partial charge on any atom is 0.191 e. The summed E-state index contributed by atoms with van der Waals surface area (Å²) in [4.78, 5) is 4.62. The van der Waals surface area contributed by atoms with Gasteiger partial charge < -0.3 is 10.6 Å². The normalized spacial score (nSPS) is 22.8. The Hall–Kier alpha value is -1.36. The van der Waals surface area contributed by atoms with Crippen LogP contribution in [0.2, 0.25) is 0 Å². The third kappa shape index (κ3) is 7.04. The summed E-state index contributed by atoms with van der Waals surface area (Å²) in [6.45, 7) is 5.84. The zero-order valence-electron chi connectivity index (χ0n) is 15.0. The van der Waals surface area contributed by atoms with Crippen molar-refractivity contribution >= 4 is 16.8 Å². The first-order valence-corrected chi connectivity index (χ1v) is 10.6. The Morgan fingerprint density at radius 3 is 2.79 bits per heavy atom. The lowest BCUT2D eigenvalue weighted by atomic mass is 9.87. The van der Waals surface area contributed by atoms with E-state index in [1.54, 1.807) is 0 Å². The molecule has 1 aromatic carbocycles. The summed E-state index contributed by atoms with van der Waals surface area (Å²) in [5, 5.41) is 6.86. The van der Waals surface area contributed by atoms with Crippen molar-refractivity contribution in [2.24, 2.45) is 10.9 Å². The Morgan fingerprint density at radius 1 is 1.29 bits per heavy atom. The number of hydrogen-bond donors (Lipinski definition) is 2. The van der Waals surface area contributed by atoms with Crippen LogP contribution in [0, 0.1) is 5.92 Å². The first-order chi connectivity index (χ1) is 11.7. The molecule has 0 amide bonds. The van der Waals surface area contributed by atoms with Crippen molar-refractivity contribution in [3.05, 3.63) is 35.9 Å². The zero-order valence-corrected chi connectivity index (χ0v) is 15.8. The van der Waals surface area contributed by atoms with Gasteiger partial charge in [0.15, 0.2) is 5.96 Å². The second-order valence-electron chi connectivity index (χ2n) is 6.65. The lowest BCUT2D eigenvalue weighted by molar-refractivity contribution is 0.324. The van der Waals surface area contributed by atoms with Crippen molar-refractivity contribution in [3.63, 3.8) is 0 Å². The number of guanidine groups is 1. The van der Waals surface area contributed by atoms with Crippen LogP contribution in [-0.2, 0) is 16.6 Å². The van der Waals surface area contributed by atoms with E-state index >= 15 is 0 Å². The average Bonchev–Trinajstić information content (AvgIpc) is 2.56. The molecule has 2 N–H and O–H groups in total. The molecule has 0 heterocycles. The van der Waals surface area contributed by atoms with E-state index in [1.807, 2.05) is 30.3 Å². The SMILES string of the molecule is CCNC(=NCCS(=O)Cc1ccccc1)NC1CCCC(C)C1. The second kappa shape index (κ2) is 10.5. The second-order valence-corrected chi connectivity index (χ2v) is 8.22. The Labute approximate surface area is 149 Å². The summed E-state index contributed by atoms with van der Waals surface area (Å²) >= 11 is 0. The van der Waals surface area contributed by atoms with E-state index in [1.165, 1.54) is 25.7 Å². The van der Waals surface area contributed by atoms with E-state index in [2.05, 4.69) is 29.5 Å². The van der Waals surface area contributed by atoms with E-state index in [0.29, 0.717) is 24.1 Å². The van der Waals surface area contributed by atoms with Crippen molar-refractivity contribution in [2.45, 2.75) is 51.3 Å². The van der Waals surface area contributed by atoms with Crippen LogP contribution in [0.3, 0.4) is 0 Å². The van der Waals surface area contributed by atoms with E-state index in [0.717, 1.165) is 24.0 Å². The van der Waals surface area contributed by atoms with E-state index in [-0.39, 0.29) is 0 Å².